The summed E-state index contributed by atoms with van der Waals surface area (Å²) in [5, 5.41) is 0. The van der Waals surface area contributed by atoms with E-state index in [9.17, 15) is 8.42 Å². The first-order valence-corrected chi connectivity index (χ1v) is 8.80. The van der Waals surface area contributed by atoms with E-state index >= 15 is 0 Å². The molecule has 0 radical (unpaired) electrons. The van der Waals surface area contributed by atoms with Crippen LogP contribution in [0, 0.1) is 20.8 Å². The first kappa shape index (κ1) is 15.4. The number of hydrogen-bond donors (Lipinski definition) is 0. The number of fused-ring (bicyclic) bond motifs is 1. The van der Waals surface area contributed by atoms with Gasteiger partial charge in [0.05, 0.1) is 10.6 Å². The average molecular weight is 296 g/mol. The van der Waals surface area contributed by atoms with E-state index in [2.05, 4.69) is 13.8 Å². The van der Waals surface area contributed by atoms with E-state index in [1.807, 2.05) is 20.8 Å². The molecule has 0 N–H and O–H groups in total. The number of benzene rings is 1. The van der Waals surface area contributed by atoms with Gasteiger partial charge in [-0.05, 0) is 69.7 Å². The van der Waals surface area contributed by atoms with Gasteiger partial charge in [-0.1, -0.05) is 6.92 Å². The standard InChI is InChI=1S/C16H24O3S/c1-7-20(17,18)15-11(3)10(2)14-13(12(15)4)8-9-16(5,6)19-14/h7-9H2,1-6H3. The molecule has 0 bridgehead atoms. The highest BCUT2D eigenvalue weighted by molar-refractivity contribution is 7.91. The molecule has 0 amide bonds. The quantitative estimate of drug-likeness (QED) is 0.839. The van der Waals surface area contributed by atoms with Gasteiger partial charge in [0, 0.05) is 0 Å². The Morgan fingerprint density at radius 2 is 1.70 bits per heavy atom. The maximum Gasteiger partial charge on any atom is 0.178 e. The fraction of sp³-hybridized carbons (Fsp3) is 0.625. The molecule has 1 heterocycles. The first-order valence-electron chi connectivity index (χ1n) is 7.15. The van der Waals surface area contributed by atoms with Crippen molar-refractivity contribution in [2.45, 2.75) is 64.9 Å². The minimum atomic E-state index is -3.20. The van der Waals surface area contributed by atoms with E-state index in [1.165, 1.54) is 0 Å². The van der Waals surface area contributed by atoms with E-state index in [0.717, 1.165) is 40.8 Å². The molecule has 0 unspecified atom stereocenters. The molecule has 4 heteroatoms. The highest BCUT2D eigenvalue weighted by Crippen LogP contribution is 2.42. The van der Waals surface area contributed by atoms with E-state index in [-0.39, 0.29) is 11.4 Å². The van der Waals surface area contributed by atoms with Gasteiger partial charge in [-0.15, -0.1) is 0 Å². The van der Waals surface area contributed by atoms with E-state index in [4.69, 9.17) is 4.74 Å². The molecular weight excluding hydrogens is 272 g/mol. The lowest BCUT2D eigenvalue weighted by Gasteiger charge is -2.35. The van der Waals surface area contributed by atoms with Gasteiger partial charge in [0.15, 0.2) is 9.84 Å². The second-order valence-corrected chi connectivity index (χ2v) is 8.49. The zero-order valence-electron chi connectivity index (χ0n) is 13.3. The summed E-state index contributed by atoms with van der Waals surface area (Å²) in [6.45, 7) is 11.6. The topological polar surface area (TPSA) is 43.4 Å². The summed E-state index contributed by atoms with van der Waals surface area (Å²) in [5.41, 5.74) is 3.56. The van der Waals surface area contributed by atoms with Crippen molar-refractivity contribution in [2.75, 3.05) is 5.75 Å². The molecular formula is C16H24O3S. The number of rotatable bonds is 2. The summed E-state index contributed by atoms with van der Waals surface area (Å²) in [5.74, 6) is 1.03. The van der Waals surface area contributed by atoms with Crippen LogP contribution in [-0.2, 0) is 16.3 Å². The summed E-state index contributed by atoms with van der Waals surface area (Å²) in [4.78, 5) is 0.513. The molecule has 0 saturated carbocycles. The molecule has 1 aromatic rings. The van der Waals surface area contributed by atoms with Crippen LogP contribution in [0.1, 0.15) is 49.4 Å². The lowest BCUT2D eigenvalue weighted by atomic mass is 9.88. The highest BCUT2D eigenvalue weighted by Gasteiger charge is 2.32. The predicted octanol–water partition coefficient (Wildman–Crippen LogP) is 3.51. The molecule has 0 fully saturated rings. The third kappa shape index (κ3) is 2.34. The van der Waals surface area contributed by atoms with Crippen LogP contribution in [0.15, 0.2) is 4.90 Å². The normalized spacial score (nSPS) is 17.5. The van der Waals surface area contributed by atoms with E-state index in [0.29, 0.717) is 4.90 Å². The number of ether oxygens (including phenoxy) is 1. The molecule has 0 atom stereocenters. The van der Waals surface area contributed by atoms with Crippen LogP contribution in [0.4, 0.5) is 0 Å². The highest BCUT2D eigenvalue weighted by atomic mass is 32.2. The molecule has 3 nitrogen and oxygen atoms in total. The Kier molecular flexibility index (Phi) is 3.66. The summed E-state index contributed by atoms with van der Waals surface area (Å²) in [6.07, 6.45) is 1.79. The van der Waals surface area contributed by atoms with Crippen LogP contribution < -0.4 is 4.74 Å². The summed E-state index contributed by atoms with van der Waals surface area (Å²) >= 11 is 0. The van der Waals surface area contributed by atoms with Crippen molar-refractivity contribution < 1.29 is 13.2 Å². The minimum Gasteiger partial charge on any atom is -0.487 e. The van der Waals surface area contributed by atoms with Crippen LogP contribution in [-0.4, -0.2) is 19.8 Å². The molecule has 0 saturated heterocycles. The molecule has 1 aromatic carbocycles. The van der Waals surface area contributed by atoms with Gasteiger partial charge in [0.25, 0.3) is 0 Å². The van der Waals surface area contributed by atoms with Crippen LogP contribution >= 0.6 is 0 Å². The Balaban J connectivity index is 2.77. The van der Waals surface area contributed by atoms with Crippen LogP contribution in [0.25, 0.3) is 0 Å². The van der Waals surface area contributed by atoms with Crippen LogP contribution in [0.3, 0.4) is 0 Å². The number of hydrogen-bond acceptors (Lipinski definition) is 3. The SMILES string of the molecule is CCS(=O)(=O)c1c(C)c(C)c2c(c1C)CCC(C)(C)O2. The molecule has 0 aromatic heterocycles. The van der Waals surface area contributed by atoms with Crippen molar-refractivity contribution in [1.82, 2.24) is 0 Å². The molecule has 0 aliphatic carbocycles. The van der Waals surface area contributed by atoms with Crippen molar-refractivity contribution in [3.05, 3.63) is 22.3 Å². The Morgan fingerprint density at radius 3 is 2.25 bits per heavy atom. The molecule has 112 valence electrons. The van der Waals surface area contributed by atoms with Gasteiger partial charge in [-0.2, -0.15) is 0 Å². The first-order chi connectivity index (χ1) is 9.10. The fourth-order valence-electron chi connectivity index (χ4n) is 2.96. The zero-order chi connectivity index (χ0) is 15.3. The lowest BCUT2D eigenvalue weighted by molar-refractivity contribution is 0.0832. The van der Waals surface area contributed by atoms with Gasteiger partial charge in [-0.3, -0.25) is 0 Å². The largest absolute Gasteiger partial charge is 0.487 e. The molecule has 1 aliphatic heterocycles. The third-order valence-corrected chi connectivity index (χ3v) is 6.35. The fourth-order valence-corrected chi connectivity index (χ4v) is 4.46. The Bertz CT molecular complexity index is 655. The zero-order valence-corrected chi connectivity index (χ0v) is 14.1. The van der Waals surface area contributed by atoms with Crippen molar-refractivity contribution in [3.8, 4) is 5.75 Å². The Labute approximate surface area is 122 Å². The molecule has 0 spiro atoms. The lowest BCUT2D eigenvalue weighted by Crippen LogP contribution is -2.34. The van der Waals surface area contributed by atoms with Gasteiger partial charge < -0.3 is 4.74 Å². The maximum atomic E-state index is 12.4. The smallest absolute Gasteiger partial charge is 0.178 e. The van der Waals surface area contributed by atoms with E-state index in [1.54, 1.807) is 6.92 Å². The summed E-state index contributed by atoms with van der Waals surface area (Å²) < 4.78 is 30.9. The Hall–Kier alpha value is -1.03. The van der Waals surface area contributed by atoms with Crippen LogP contribution in [0.5, 0.6) is 5.75 Å². The summed E-state index contributed by atoms with van der Waals surface area (Å²) in [6, 6.07) is 0. The monoisotopic (exact) mass is 296 g/mol. The van der Waals surface area contributed by atoms with Gasteiger partial charge in [-0.25, -0.2) is 8.42 Å². The summed E-state index contributed by atoms with van der Waals surface area (Å²) in [7, 11) is -3.20. The Morgan fingerprint density at radius 1 is 1.10 bits per heavy atom. The predicted molar refractivity (Wildman–Crippen MR) is 81.4 cm³/mol. The van der Waals surface area contributed by atoms with Crippen molar-refractivity contribution in [3.63, 3.8) is 0 Å². The number of sulfone groups is 1. The van der Waals surface area contributed by atoms with Crippen LogP contribution in [0.2, 0.25) is 0 Å². The van der Waals surface area contributed by atoms with Crippen molar-refractivity contribution in [2.24, 2.45) is 0 Å². The van der Waals surface area contributed by atoms with Gasteiger partial charge >= 0.3 is 0 Å². The van der Waals surface area contributed by atoms with Crippen molar-refractivity contribution in [1.29, 1.82) is 0 Å². The van der Waals surface area contributed by atoms with Gasteiger partial charge in [0.1, 0.15) is 11.4 Å². The molecule has 1 aliphatic rings. The molecule has 2 rings (SSSR count). The minimum absolute atomic E-state index is 0.138. The van der Waals surface area contributed by atoms with Crippen molar-refractivity contribution >= 4 is 9.84 Å². The van der Waals surface area contributed by atoms with E-state index < -0.39 is 9.84 Å². The van der Waals surface area contributed by atoms with Gasteiger partial charge in [0.2, 0.25) is 0 Å². The third-order valence-electron chi connectivity index (χ3n) is 4.36. The second kappa shape index (κ2) is 4.76. The maximum absolute atomic E-state index is 12.4. The second-order valence-electron chi connectivity index (χ2n) is 6.28. The average Bonchev–Trinajstić information content (AvgIpc) is 2.35. The molecule has 20 heavy (non-hydrogen) atoms.